The molecule has 2 heterocycles. The van der Waals surface area contributed by atoms with Crippen LogP contribution in [-0.4, -0.2) is 62.0 Å². The molecule has 2 aliphatic rings. The molecule has 0 aliphatic carbocycles. The second-order valence-electron chi connectivity index (χ2n) is 4.60. The van der Waals surface area contributed by atoms with E-state index in [-0.39, 0.29) is 6.61 Å². The zero-order valence-electron chi connectivity index (χ0n) is 11.1. The number of aliphatic imine (C=N–C) groups is 1. The number of hydrogen-bond acceptors (Lipinski definition) is 6. The average molecular weight is 263 g/mol. The molecule has 1 saturated heterocycles. The Bertz CT molecular complexity index is 396. The van der Waals surface area contributed by atoms with Crippen LogP contribution in [0.3, 0.4) is 0 Å². The van der Waals surface area contributed by atoms with Gasteiger partial charge in [0.15, 0.2) is 11.6 Å². The molecular formula is C13H21N5O. The fraction of sp³-hybridized carbons (Fsp3) is 0.615. The van der Waals surface area contributed by atoms with Crippen LogP contribution in [-0.2, 0) is 4.74 Å². The van der Waals surface area contributed by atoms with Gasteiger partial charge in [-0.1, -0.05) is 0 Å². The van der Waals surface area contributed by atoms with Gasteiger partial charge in [-0.05, 0) is 12.5 Å². The lowest BCUT2D eigenvalue weighted by atomic mass is 10.2. The molecule has 0 aromatic rings. The van der Waals surface area contributed by atoms with Crippen LogP contribution < -0.4 is 5.32 Å². The quantitative estimate of drug-likeness (QED) is 0.637. The molecule has 0 saturated carbocycles. The fourth-order valence-corrected chi connectivity index (χ4v) is 2.14. The minimum atomic E-state index is 0.242. The lowest BCUT2D eigenvalue weighted by Gasteiger charge is -2.32. The summed E-state index contributed by atoms with van der Waals surface area (Å²) < 4.78 is 5.70. The Hall–Kier alpha value is -1.69. The largest absolute Gasteiger partial charge is 0.484 e. The van der Waals surface area contributed by atoms with Crippen molar-refractivity contribution in [2.24, 2.45) is 4.99 Å². The lowest BCUT2D eigenvalue weighted by molar-refractivity contribution is 0.258. The zero-order chi connectivity index (χ0) is 13.5. The number of hydrogen-bond donors (Lipinski definition) is 3. The van der Waals surface area contributed by atoms with Crippen molar-refractivity contribution < 1.29 is 4.74 Å². The summed E-state index contributed by atoms with van der Waals surface area (Å²) in [5, 5.41) is 18.0. The maximum Gasteiger partial charge on any atom is 0.166 e. The van der Waals surface area contributed by atoms with Crippen LogP contribution in [0, 0.1) is 10.8 Å². The van der Waals surface area contributed by atoms with Crippen molar-refractivity contribution in [2.45, 2.75) is 12.8 Å². The fourth-order valence-electron chi connectivity index (χ4n) is 2.14. The maximum absolute atomic E-state index is 7.65. The van der Waals surface area contributed by atoms with Gasteiger partial charge in [0.2, 0.25) is 0 Å². The predicted octanol–water partition coefficient (Wildman–Crippen LogP) is 0.654. The minimum Gasteiger partial charge on any atom is -0.484 e. The molecule has 6 heteroatoms. The highest BCUT2D eigenvalue weighted by atomic mass is 16.5. The summed E-state index contributed by atoms with van der Waals surface area (Å²) in [4.78, 5) is 6.80. The summed E-state index contributed by atoms with van der Waals surface area (Å²) in [5.41, 5.74) is 0.418. The molecule has 0 amide bonds. The van der Waals surface area contributed by atoms with Crippen molar-refractivity contribution in [3.05, 3.63) is 11.8 Å². The van der Waals surface area contributed by atoms with E-state index in [1.807, 2.05) is 0 Å². The molecule has 0 radical (unpaired) electrons. The van der Waals surface area contributed by atoms with E-state index in [0.717, 1.165) is 50.7 Å². The van der Waals surface area contributed by atoms with Gasteiger partial charge in [0.25, 0.3) is 0 Å². The maximum atomic E-state index is 7.65. The Morgan fingerprint density at radius 2 is 2.26 bits per heavy atom. The molecule has 0 atom stereocenters. The second-order valence-corrected chi connectivity index (χ2v) is 4.60. The van der Waals surface area contributed by atoms with Crippen molar-refractivity contribution in [1.29, 1.82) is 10.8 Å². The predicted molar refractivity (Wildman–Crippen MR) is 76.5 cm³/mol. The van der Waals surface area contributed by atoms with E-state index < -0.39 is 0 Å². The van der Waals surface area contributed by atoms with Gasteiger partial charge in [-0.3, -0.25) is 4.99 Å². The summed E-state index contributed by atoms with van der Waals surface area (Å²) in [6.45, 7) is 4.87. The Balaban J connectivity index is 1.93. The highest BCUT2D eigenvalue weighted by Crippen LogP contribution is 2.13. The van der Waals surface area contributed by atoms with Crippen LogP contribution in [0.15, 0.2) is 16.8 Å². The minimum absolute atomic E-state index is 0.242. The molecule has 104 valence electrons. The molecule has 0 unspecified atom stereocenters. The van der Waals surface area contributed by atoms with Gasteiger partial charge in [-0.15, -0.1) is 0 Å². The van der Waals surface area contributed by atoms with Crippen molar-refractivity contribution >= 4 is 17.8 Å². The molecule has 0 spiro atoms. The molecule has 3 N–H and O–H groups in total. The molecule has 0 bridgehead atoms. The van der Waals surface area contributed by atoms with Crippen molar-refractivity contribution in [2.75, 3.05) is 39.3 Å². The Morgan fingerprint density at radius 3 is 3.00 bits per heavy atom. The second kappa shape index (κ2) is 7.04. The van der Waals surface area contributed by atoms with E-state index in [2.05, 4.69) is 21.3 Å². The number of amidine groups is 1. The number of rotatable bonds is 5. The highest BCUT2D eigenvalue weighted by molar-refractivity contribution is 5.98. The van der Waals surface area contributed by atoms with Crippen molar-refractivity contribution in [1.82, 2.24) is 10.2 Å². The number of ether oxygens (including phenoxy) is 1. The smallest absolute Gasteiger partial charge is 0.166 e. The van der Waals surface area contributed by atoms with Crippen LogP contribution >= 0.6 is 0 Å². The van der Waals surface area contributed by atoms with E-state index in [4.69, 9.17) is 15.6 Å². The van der Waals surface area contributed by atoms with Gasteiger partial charge in [-0.25, -0.2) is 0 Å². The third-order valence-electron chi connectivity index (χ3n) is 3.11. The normalized spacial score (nSPS) is 19.5. The summed E-state index contributed by atoms with van der Waals surface area (Å²) in [7, 11) is 0. The van der Waals surface area contributed by atoms with E-state index >= 15 is 0 Å². The van der Waals surface area contributed by atoms with E-state index in [1.54, 1.807) is 0 Å². The van der Waals surface area contributed by atoms with Crippen LogP contribution in [0.1, 0.15) is 12.8 Å². The van der Waals surface area contributed by atoms with Crippen LogP contribution in [0.2, 0.25) is 0 Å². The molecule has 2 rings (SSSR count). The number of nitrogens with one attached hydrogen (secondary N) is 3. The van der Waals surface area contributed by atoms with E-state index in [1.165, 1.54) is 6.21 Å². The van der Waals surface area contributed by atoms with E-state index in [9.17, 15) is 0 Å². The molecule has 2 aliphatic heterocycles. The zero-order valence-corrected chi connectivity index (χ0v) is 11.1. The van der Waals surface area contributed by atoms with Crippen LogP contribution in [0.25, 0.3) is 0 Å². The third-order valence-corrected chi connectivity index (χ3v) is 3.11. The summed E-state index contributed by atoms with van der Waals surface area (Å²) in [5.74, 6) is 1.72. The SMILES string of the molecule is N=CCC(=N)COC1=CCCN=C1N1CCNCC1. The van der Waals surface area contributed by atoms with Crippen LogP contribution in [0.5, 0.6) is 0 Å². The number of dihydropyridines is 1. The lowest BCUT2D eigenvalue weighted by Crippen LogP contribution is -2.47. The highest BCUT2D eigenvalue weighted by Gasteiger charge is 2.21. The van der Waals surface area contributed by atoms with Gasteiger partial charge < -0.3 is 25.8 Å². The first-order valence-corrected chi connectivity index (χ1v) is 6.70. The third kappa shape index (κ3) is 3.89. The van der Waals surface area contributed by atoms with Gasteiger partial charge in [0.05, 0.1) is 5.71 Å². The molecule has 1 fully saturated rings. The van der Waals surface area contributed by atoms with Gasteiger partial charge in [0.1, 0.15) is 6.61 Å². The van der Waals surface area contributed by atoms with Crippen molar-refractivity contribution in [3.8, 4) is 0 Å². The first-order chi connectivity index (χ1) is 9.31. The molecule has 0 aromatic carbocycles. The molecule has 0 aromatic heterocycles. The first kappa shape index (κ1) is 13.7. The summed E-state index contributed by atoms with van der Waals surface area (Å²) in [6.07, 6.45) is 4.53. The summed E-state index contributed by atoms with van der Waals surface area (Å²) >= 11 is 0. The van der Waals surface area contributed by atoms with Crippen molar-refractivity contribution in [3.63, 3.8) is 0 Å². The topological polar surface area (TPSA) is 84.6 Å². The monoisotopic (exact) mass is 263 g/mol. The van der Waals surface area contributed by atoms with Gasteiger partial charge in [-0.2, -0.15) is 0 Å². The average Bonchev–Trinajstić information content (AvgIpc) is 2.47. The Morgan fingerprint density at radius 1 is 1.47 bits per heavy atom. The molecule has 6 nitrogen and oxygen atoms in total. The van der Waals surface area contributed by atoms with Gasteiger partial charge >= 0.3 is 0 Å². The molecule has 19 heavy (non-hydrogen) atoms. The molecular weight excluding hydrogens is 242 g/mol. The van der Waals surface area contributed by atoms with Gasteiger partial charge in [0, 0.05) is 45.4 Å². The Labute approximate surface area is 113 Å². The summed E-state index contributed by atoms with van der Waals surface area (Å²) in [6, 6.07) is 0. The Kier molecular flexibility index (Phi) is 5.09. The van der Waals surface area contributed by atoms with E-state index in [0.29, 0.717) is 12.1 Å². The van der Waals surface area contributed by atoms with Crippen LogP contribution in [0.4, 0.5) is 0 Å². The number of nitrogens with zero attached hydrogens (tertiary/aromatic N) is 2. The number of piperazine rings is 1. The standard InChI is InChI=1S/C13H21N5O/c14-4-3-11(15)10-19-12-2-1-5-17-13(12)18-8-6-16-7-9-18/h2,4,14-16H,1,3,5-10H2. The first-order valence-electron chi connectivity index (χ1n) is 6.70.